The number of rotatable bonds is 1. The number of aliphatic hydroxyl groups excluding tert-OH is 1. The number of hydrogen-bond acceptors (Lipinski definition) is 2. The summed E-state index contributed by atoms with van der Waals surface area (Å²) >= 11 is 0. The van der Waals surface area contributed by atoms with Crippen LogP contribution in [0.2, 0.25) is 0 Å². The van der Waals surface area contributed by atoms with Gasteiger partial charge in [-0.3, -0.25) is 0 Å². The van der Waals surface area contributed by atoms with E-state index in [9.17, 15) is 0 Å². The first-order valence-electron chi connectivity index (χ1n) is 1.96. The summed E-state index contributed by atoms with van der Waals surface area (Å²) in [5.41, 5.74) is 4.62. The molecule has 0 bridgehead atoms. The van der Waals surface area contributed by atoms with Crippen LogP contribution in [-0.4, -0.2) is 18.2 Å². The van der Waals surface area contributed by atoms with Crippen molar-refractivity contribution >= 4 is 0 Å². The molecule has 0 aromatic heterocycles. The largest absolute Gasteiger partial charge is 0.395 e. The predicted molar refractivity (Wildman–Crippen MR) is 16.1 cm³/mol. The minimum absolute atomic E-state index is 0.618. The molecule has 0 unspecified atom stereocenters. The van der Waals surface area contributed by atoms with E-state index in [0.29, 0.717) is 0 Å². The average molecular weight is 63.1 g/mol. The summed E-state index contributed by atoms with van der Waals surface area (Å²) in [6.07, 6.45) is 0. The standard InChI is InChI=1S/C2H7NO/c3-1-2-4/h4H,1-3H2/i1D2. The Balaban J connectivity index is 3.17. The first-order chi connectivity index (χ1) is 2.56. The number of aliphatic hydroxyl groups is 1. The lowest BCUT2D eigenvalue weighted by Gasteiger charge is -1.71. The fraction of sp³-hybridized carbons (Fsp3) is 1.00. The van der Waals surface area contributed by atoms with Crippen LogP contribution in [0.25, 0.3) is 0 Å². The van der Waals surface area contributed by atoms with Gasteiger partial charge >= 0.3 is 0 Å². The van der Waals surface area contributed by atoms with Crippen molar-refractivity contribution in [1.82, 2.24) is 0 Å². The quantitative estimate of drug-likeness (QED) is 0.407. The summed E-state index contributed by atoms with van der Waals surface area (Å²) in [6.45, 7) is -2.52. The van der Waals surface area contributed by atoms with Crippen LogP contribution in [0, 0.1) is 0 Å². The number of hydrogen-bond donors (Lipinski definition) is 2. The fourth-order valence-electron chi connectivity index (χ4n) is 0. The van der Waals surface area contributed by atoms with Crippen molar-refractivity contribution in [3.63, 3.8) is 0 Å². The van der Waals surface area contributed by atoms with Gasteiger partial charge in [-0.25, -0.2) is 0 Å². The molecular formula is C2H7NO. The Bertz CT molecular complexity index is 41.3. The Morgan fingerprint density at radius 3 is 2.50 bits per heavy atom. The molecule has 2 nitrogen and oxygen atoms in total. The minimum atomic E-state index is -1.90. The van der Waals surface area contributed by atoms with Crippen LogP contribution in [0.15, 0.2) is 0 Å². The molecule has 0 aliphatic carbocycles. The summed E-state index contributed by atoms with van der Waals surface area (Å²) < 4.78 is 12.8. The van der Waals surface area contributed by atoms with Crippen molar-refractivity contribution in [1.29, 1.82) is 0 Å². The van der Waals surface area contributed by atoms with Gasteiger partial charge < -0.3 is 10.8 Å². The summed E-state index contributed by atoms with van der Waals surface area (Å²) in [7, 11) is 0. The summed E-state index contributed by atoms with van der Waals surface area (Å²) in [6, 6.07) is 0. The molecule has 0 amide bonds. The highest BCUT2D eigenvalue weighted by Gasteiger charge is 1.56. The second-order valence-electron chi connectivity index (χ2n) is 0.362. The van der Waals surface area contributed by atoms with E-state index in [4.69, 9.17) is 7.85 Å². The van der Waals surface area contributed by atoms with Gasteiger partial charge in [0.2, 0.25) is 0 Å². The molecule has 0 saturated carbocycles. The summed E-state index contributed by atoms with van der Waals surface area (Å²) in [5, 5.41) is 7.90. The van der Waals surface area contributed by atoms with E-state index in [-0.39, 0.29) is 0 Å². The molecule has 0 aromatic rings. The summed E-state index contributed by atoms with van der Waals surface area (Å²) in [5.74, 6) is 0. The molecule has 0 radical (unpaired) electrons. The Morgan fingerprint density at radius 1 is 2.25 bits per heavy atom. The molecule has 0 heterocycles. The maximum atomic E-state index is 7.90. The van der Waals surface area contributed by atoms with Crippen LogP contribution in [0.5, 0.6) is 0 Å². The average Bonchev–Trinajstić information content (AvgIpc) is 1.35. The molecule has 0 aromatic carbocycles. The first kappa shape index (κ1) is 1.38. The van der Waals surface area contributed by atoms with Crippen molar-refractivity contribution in [3.05, 3.63) is 0 Å². The highest BCUT2D eigenvalue weighted by Crippen LogP contribution is 1.33. The highest BCUT2D eigenvalue weighted by molar-refractivity contribution is 4.17. The third kappa shape index (κ3) is 1.92. The van der Waals surface area contributed by atoms with Gasteiger partial charge in [0, 0.05) is 9.24 Å². The van der Waals surface area contributed by atoms with Crippen LogP contribution in [0.3, 0.4) is 0 Å². The molecule has 0 fully saturated rings. The Kier molecular flexibility index (Phi) is 1.01. The van der Waals surface area contributed by atoms with Crippen molar-refractivity contribution < 1.29 is 7.85 Å². The molecule has 0 spiro atoms. The fourth-order valence-corrected chi connectivity index (χ4v) is 0. The smallest absolute Gasteiger partial charge is 0.0553 e. The zero-order chi connectivity index (χ0) is 5.21. The molecule has 0 aliphatic rings. The van der Waals surface area contributed by atoms with Gasteiger partial charge in [0.05, 0.1) is 6.61 Å². The third-order valence-electron chi connectivity index (χ3n) is 0.0913. The second kappa shape index (κ2) is 2.92. The lowest BCUT2D eigenvalue weighted by atomic mass is 10.8. The normalized spacial score (nSPS) is 18.5. The van der Waals surface area contributed by atoms with Crippen LogP contribution < -0.4 is 5.73 Å². The van der Waals surface area contributed by atoms with Crippen molar-refractivity contribution in [2.45, 2.75) is 0 Å². The van der Waals surface area contributed by atoms with Crippen molar-refractivity contribution in [2.24, 2.45) is 5.73 Å². The van der Waals surface area contributed by atoms with Crippen LogP contribution in [-0.2, 0) is 0 Å². The van der Waals surface area contributed by atoms with E-state index < -0.39 is 13.1 Å². The monoisotopic (exact) mass is 63.1 g/mol. The van der Waals surface area contributed by atoms with Gasteiger partial charge in [0.25, 0.3) is 0 Å². The highest BCUT2D eigenvalue weighted by atomic mass is 16.3. The molecular weight excluding hydrogens is 54.0 g/mol. The molecule has 2 heteroatoms. The third-order valence-corrected chi connectivity index (χ3v) is 0.0913. The summed E-state index contributed by atoms with van der Waals surface area (Å²) in [4.78, 5) is 0. The minimum Gasteiger partial charge on any atom is -0.395 e. The van der Waals surface area contributed by atoms with Gasteiger partial charge in [-0.05, 0) is 0 Å². The van der Waals surface area contributed by atoms with E-state index >= 15 is 0 Å². The molecule has 4 heavy (non-hydrogen) atoms. The number of nitrogens with two attached hydrogens (primary N) is 1. The van der Waals surface area contributed by atoms with Crippen molar-refractivity contribution in [3.8, 4) is 0 Å². The second-order valence-corrected chi connectivity index (χ2v) is 0.362. The van der Waals surface area contributed by atoms with Gasteiger partial charge in [-0.1, -0.05) is 0 Å². The Hall–Kier alpha value is -0.0800. The predicted octanol–water partition coefficient (Wildman–Crippen LogP) is -1.06. The molecule has 3 N–H and O–H groups in total. The van der Waals surface area contributed by atoms with Gasteiger partial charge in [0.1, 0.15) is 0 Å². The van der Waals surface area contributed by atoms with E-state index in [1.807, 2.05) is 0 Å². The van der Waals surface area contributed by atoms with E-state index in [0.717, 1.165) is 0 Å². The first-order valence-corrected chi connectivity index (χ1v) is 0.958. The van der Waals surface area contributed by atoms with Crippen LogP contribution in [0.1, 0.15) is 2.74 Å². The lowest BCUT2D eigenvalue weighted by Crippen LogP contribution is -2.02. The van der Waals surface area contributed by atoms with Gasteiger partial charge in [-0.2, -0.15) is 0 Å². The zero-order valence-electron chi connectivity index (χ0n) is 4.23. The molecule has 26 valence electrons. The van der Waals surface area contributed by atoms with Crippen LogP contribution >= 0.6 is 0 Å². The maximum absolute atomic E-state index is 7.90. The lowest BCUT2D eigenvalue weighted by molar-refractivity contribution is 0.306. The molecule has 0 aliphatic heterocycles. The topological polar surface area (TPSA) is 46.2 Å². The SMILES string of the molecule is [2H]C([2H])(N)CO. The Labute approximate surface area is 28.0 Å². The zero-order valence-corrected chi connectivity index (χ0v) is 2.23. The maximum Gasteiger partial charge on any atom is 0.0553 e. The van der Waals surface area contributed by atoms with E-state index in [1.165, 1.54) is 0 Å². The van der Waals surface area contributed by atoms with Crippen molar-refractivity contribution in [2.75, 3.05) is 13.1 Å². The van der Waals surface area contributed by atoms with Crippen LogP contribution in [0.4, 0.5) is 0 Å². The van der Waals surface area contributed by atoms with Gasteiger partial charge in [-0.15, -0.1) is 0 Å². The van der Waals surface area contributed by atoms with Gasteiger partial charge in [0.15, 0.2) is 0 Å². The van der Waals surface area contributed by atoms with E-state index in [1.54, 1.807) is 0 Å². The molecule has 0 atom stereocenters. The molecule has 0 rings (SSSR count). The van der Waals surface area contributed by atoms with E-state index in [2.05, 4.69) is 5.73 Å². The Morgan fingerprint density at radius 2 is 2.50 bits per heavy atom. The molecule has 0 saturated heterocycles.